The van der Waals surface area contributed by atoms with Gasteiger partial charge in [0.15, 0.2) is 0 Å². The second kappa shape index (κ2) is 7.52. The summed E-state index contributed by atoms with van der Waals surface area (Å²) in [4.78, 5) is 13.3. The third kappa shape index (κ3) is 4.25. The highest BCUT2D eigenvalue weighted by Gasteiger charge is 2.10. The molecule has 0 aliphatic carbocycles. The lowest BCUT2D eigenvalue weighted by Crippen LogP contribution is -2.25. The number of hydrogen-bond donors (Lipinski definition) is 1. The molecule has 1 heterocycles. The van der Waals surface area contributed by atoms with Crippen LogP contribution in [0, 0.1) is 0 Å². The molecule has 2 rings (SSSR count). The van der Waals surface area contributed by atoms with Gasteiger partial charge < -0.3 is 14.4 Å². The Labute approximate surface area is 129 Å². The first-order valence-corrected chi connectivity index (χ1v) is 8.35. The molecule has 1 aromatic heterocycles. The molecule has 21 heavy (non-hydrogen) atoms. The monoisotopic (exact) mass is 307 g/mol. The summed E-state index contributed by atoms with van der Waals surface area (Å²) in [6, 6.07) is 7.45. The lowest BCUT2D eigenvalue weighted by Gasteiger charge is -2.17. The largest absolute Gasteiger partial charge is 0.475 e. The first kappa shape index (κ1) is 15.9. The van der Waals surface area contributed by atoms with Crippen LogP contribution in [0.25, 0.3) is 11.0 Å². The number of hydrogen-bond acceptors (Lipinski definition) is 4. The van der Waals surface area contributed by atoms with E-state index in [0.29, 0.717) is 5.58 Å². The molecule has 0 unspecified atom stereocenters. The maximum Gasteiger partial charge on any atom is 0.371 e. The number of carboxylic acid groups (broad SMARTS) is 1. The summed E-state index contributed by atoms with van der Waals surface area (Å²) < 4.78 is 5.26. The van der Waals surface area contributed by atoms with Gasteiger partial charge >= 0.3 is 5.97 Å². The lowest BCUT2D eigenvalue weighted by atomic mass is 10.2. The number of carboxylic acids is 1. The van der Waals surface area contributed by atoms with E-state index in [-0.39, 0.29) is 5.76 Å². The minimum absolute atomic E-state index is 0.00339. The van der Waals surface area contributed by atoms with Crippen molar-refractivity contribution in [3.63, 3.8) is 0 Å². The Morgan fingerprint density at radius 2 is 2.05 bits per heavy atom. The summed E-state index contributed by atoms with van der Waals surface area (Å²) in [7, 11) is 0. The van der Waals surface area contributed by atoms with E-state index in [1.54, 1.807) is 6.07 Å². The number of carbonyl (C=O) groups is 1. The van der Waals surface area contributed by atoms with Gasteiger partial charge in [0.2, 0.25) is 5.76 Å². The number of rotatable bonds is 8. The van der Waals surface area contributed by atoms with E-state index in [4.69, 9.17) is 9.52 Å². The molecule has 0 radical (unpaired) electrons. The third-order valence-electron chi connectivity index (χ3n) is 3.51. The van der Waals surface area contributed by atoms with Crippen molar-refractivity contribution >= 4 is 28.7 Å². The molecule has 0 aliphatic heterocycles. The van der Waals surface area contributed by atoms with Gasteiger partial charge in [0, 0.05) is 23.4 Å². The van der Waals surface area contributed by atoms with Crippen molar-refractivity contribution < 1.29 is 14.3 Å². The zero-order chi connectivity index (χ0) is 15.2. The SMILES string of the molecule is CCN(CC)CCSCc1ccc2oc(C(=O)O)cc2c1. The van der Waals surface area contributed by atoms with Crippen molar-refractivity contribution in [2.45, 2.75) is 19.6 Å². The maximum absolute atomic E-state index is 10.9. The van der Waals surface area contributed by atoms with Gasteiger partial charge in [0.25, 0.3) is 0 Å². The van der Waals surface area contributed by atoms with Gasteiger partial charge in [-0.15, -0.1) is 0 Å². The topological polar surface area (TPSA) is 53.7 Å². The fraction of sp³-hybridized carbons (Fsp3) is 0.438. The van der Waals surface area contributed by atoms with Gasteiger partial charge in [0.05, 0.1) is 0 Å². The molecule has 0 amide bonds. The maximum atomic E-state index is 10.9. The van der Waals surface area contributed by atoms with Crippen LogP contribution in [0.3, 0.4) is 0 Å². The lowest BCUT2D eigenvalue weighted by molar-refractivity contribution is 0.0665. The number of nitrogens with zero attached hydrogens (tertiary/aromatic N) is 1. The molecule has 4 nitrogen and oxygen atoms in total. The zero-order valence-electron chi connectivity index (χ0n) is 12.5. The minimum atomic E-state index is -1.03. The summed E-state index contributed by atoms with van der Waals surface area (Å²) in [5.41, 5.74) is 1.83. The van der Waals surface area contributed by atoms with Crippen LogP contribution in [0.5, 0.6) is 0 Å². The zero-order valence-corrected chi connectivity index (χ0v) is 13.3. The average Bonchev–Trinajstić information content (AvgIpc) is 2.91. The standard InChI is InChI=1S/C16H21NO3S/c1-3-17(4-2)7-8-21-11-12-5-6-14-13(9-12)10-15(20-14)16(18)19/h5-6,9-10H,3-4,7-8,11H2,1-2H3,(H,18,19). The van der Waals surface area contributed by atoms with Crippen molar-refractivity contribution in [1.29, 1.82) is 0 Å². The predicted octanol–water partition coefficient (Wildman–Crippen LogP) is 3.71. The fourth-order valence-corrected chi connectivity index (χ4v) is 3.16. The molecule has 0 spiro atoms. The summed E-state index contributed by atoms with van der Waals surface area (Å²) in [5, 5.41) is 9.78. The van der Waals surface area contributed by atoms with Crippen molar-refractivity contribution in [1.82, 2.24) is 4.90 Å². The molecule has 0 bridgehead atoms. The summed E-state index contributed by atoms with van der Waals surface area (Å²) in [5.74, 6) is 1.01. The molecular weight excluding hydrogens is 286 g/mol. The van der Waals surface area contributed by atoms with E-state index in [0.717, 1.165) is 36.5 Å². The van der Waals surface area contributed by atoms with Gasteiger partial charge in [-0.05, 0) is 36.9 Å². The predicted molar refractivity (Wildman–Crippen MR) is 87.1 cm³/mol. The molecule has 1 aromatic carbocycles. The molecule has 0 fully saturated rings. The second-order valence-electron chi connectivity index (χ2n) is 4.87. The van der Waals surface area contributed by atoms with E-state index < -0.39 is 5.97 Å². The van der Waals surface area contributed by atoms with Crippen LogP contribution >= 0.6 is 11.8 Å². The molecule has 2 aromatic rings. The molecule has 0 aliphatic rings. The highest BCUT2D eigenvalue weighted by molar-refractivity contribution is 7.98. The Balaban J connectivity index is 1.92. The summed E-state index contributed by atoms with van der Waals surface area (Å²) in [6.07, 6.45) is 0. The van der Waals surface area contributed by atoms with Crippen molar-refractivity contribution in [3.8, 4) is 0 Å². The normalized spacial score (nSPS) is 11.4. The molecule has 0 atom stereocenters. The van der Waals surface area contributed by atoms with Crippen LogP contribution in [-0.2, 0) is 5.75 Å². The van der Waals surface area contributed by atoms with E-state index in [2.05, 4.69) is 18.7 Å². The van der Waals surface area contributed by atoms with Crippen LogP contribution in [0.4, 0.5) is 0 Å². The number of aromatic carboxylic acids is 1. The van der Waals surface area contributed by atoms with E-state index >= 15 is 0 Å². The third-order valence-corrected chi connectivity index (χ3v) is 4.52. The van der Waals surface area contributed by atoms with Crippen LogP contribution in [0.1, 0.15) is 30.0 Å². The van der Waals surface area contributed by atoms with Gasteiger partial charge in [-0.2, -0.15) is 11.8 Å². The molecule has 114 valence electrons. The number of fused-ring (bicyclic) bond motifs is 1. The smallest absolute Gasteiger partial charge is 0.371 e. The number of furan rings is 1. The van der Waals surface area contributed by atoms with Crippen molar-refractivity contribution in [3.05, 3.63) is 35.6 Å². The first-order valence-electron chi connectivity index (χ1n) is 7.20. The Morgan fingerprint density at radius 3 is 2.71 bits per heavy atom. The quantitative estimate of drug-likeness (QED) is 0.754. The Bertz CT molecular complexity index is 605. The van der Waals surface area contributed by atoms with Crippen LogP contribution in [0.15, 0.2) is 28.7 Å². The van der Waals surface area contributed by atoms with Crippen molar-refractivity contribution in [2.75, 3.05) is 25.4 Å². The minimum Gasteiger partial charge on any atom is -0.475 e. The fourth-order valence-electron chi connectivity index (χ4n) is 2.21. The van der Waals surface area contributed by atoms with E-state index in [1.165, 1.54) is 5.56 Å². The van der Waals surface area contributed by atoms with E-state index in [9.17, 15) is 4.79 Å². The van der Waals surface area contributed by atoms with Crippen LogP contribution < -0.4 is 0 Å². The van der Waals surface area contributed by atoms with Crippen LogP contribution in [0.2, 0.25) is 0 Å². The van der Waals surface area contributed by atoms with Gasteiger partial charge in [-0.3, -0.25) is 0 Å². The molecule has 1 N–H and O–H groups in total. The highest BCUT2D eigenvalue weighted by atomic mass is 32.2. The highest BCUT2D eigenvalue weighted by Crippen LogP contribution is 2.23. The van der Waals surface area contributed by atoms with Gasteiger partial charge in [-0.25, -0.2) is 4.79 Å². The molecule has 5 heteroatoms. The summed E-state index contributed by atoms with van der Waals surface area (Å²) >= 11 is 1.90. The van der Waals surface area contributed by atoms with Crippen molar-refractivity contribution in [2.24, 2.45) is 0 Å². The second-order valence-corrected chi connectivity index (χ2v) is 5.97. The first-order chi connectivity index (χ1) is 10.1. The Kier molecular flexibility index (Phi) is 5.70. The molecule has 0 saturated heterocycles. The Hall–Kier alpha value is -1.46. The Morgan fingerprint density at radius 1 is 1.29 bits per heavy atom. The van der Waals surface area contributed by atoms with Gasteiger partial charge in [-0.1, -0.05) is 19.9 Å². The van der Waals surface area contributed by atoms with E-state index in [1.807, 2.05) is 30.0 Å². The van der Waals surface area contributed by atoms with Crippen LogP contribution in [-0.4, -0.2) is 41.4 Å². The molecular formula is C16H21NO3S. The molecule has 0 saturated carbocycles. The number of benzene rings is 1. The number of thioether (sulfide) groups is 1. The van der Waals surface area contributed by atoms with Gasteiger partial charge in [0.1, 0.15) is 5.58 Å². The summed E-state index contributed by atoms with van der Waals surface area (Å²) in [6.45, 7) is 7.66. The average molecular weight is 307 g/mol.